The summed E-state index contributed by atoms with van der Waals surface area (Å²) in [6.45, 7) is 18.8. The molecule has 1 aromatic rings. The number of nitrogen functional groups attached to an aromatic ring is 1. The predicted octanol–water partition coefficient (Wildman–Crippen LogP) is 3.77. The van der Waals surface area contributed by atoms with Crippen LogP contribution in [0, 0.1) is 0 Å². The Balaban J connectivity index is 1.72. The van der Waals surface area contributed by atoms with Crippen LogP contribution < -0.4 is 10.5 Å². The number of anilines is 1. The normalized spacial score (nSPS) is 12.2. The lowest BCUT2D eigenvalue weighted by Crippen LogP contribution is -2.41. The molecule has 1 rings (SSSR count). The summed E-state index contributed by atoms with van der Waals surface area (Å²) in [6, 6.07) is 7.28. The summed E-state index contributed by atoms with van der Waals surface area (Å²) in [5, 5.41) is 0.223. The third kappa shape index (κ3) is 17.3. The second kappa shape index (κ2) is 19.8. The zero-order valence-corrected chi connectivity index (χ0v) is 24.1. The third-order valence-corrected chi connectivity index (χ3v) is 10.3. The second-order valence-corrected chi connectivity index (χ2v) is 14.5. The van der Waals surface area contributed by atoms with Crippen molar-refractivity contribution in [1.29, 1.82) is 0 Å². The molecule has 2 N–H and O–H groups in total. The van der Waals surface area contributed by atoms with Crippen molar-refractivity contribution >= 4 is 14.0 Å². The molecule has 0 saturated carbocycles. The van der Waals surface area contributed by atoms with Crippen LogP contribution in [0.2, 0.25) is 18.1 Å². The fourth-order valence-corrected chi connectivity index (χ4v) is 3.58. The molecule has 0 amide bonds. The molecule has 0 aliphatic rings. The number of rotatable bonds is 23. The molecule has 1 aromatic carbocycles. The van der Waals surface area contributed by atoms with Gasteiger partial charge in [0.25, 0.3) is 0 Å². The first-order chi connectivity index (χ1) is 17.2. The molecule has 210 valence electrons. The molecule has 0 atom stereocenters. The largest absolute Gasteiger partial charge is 0.491 e. The Kier molecular flexibility index (Phi) is 18.0. The highest BCUT2D eigenvalue weighted by Gasteiger charge is 2.36. The first-order valence-electron chi connectivity index (χ1n) is 12.8. The minimum absolute atomic E-state index is 0.223. The lowest BCUT2D eigenvalue weighted by atomic mass is 10.2. The average Bonchev–Trinajstić information content (AvgIpc) is 2.82. The smallest absolute Gasteiger partial charge is 0.192 e. The van der Waals surface area contributed by atoms with E-state index in [9.17, 15) is 0 Å². The summed E-state index contributed by atoms with van der Waals surface area (Å²) in [6.07, 6.45) is 0. The minimum atomic E-state index is -1.69. The number of hydrogen-bond donors (Lipinski definition) is 1. The summed E-state index contributed by atoms with van der Waals surface area (Å²) < 4.78 is 44.6. The molecule has 0 aliphatic carbocycles. The standard InChI is InChI=1S/C26H49NO8Si/c1-26(2,3)36(4,5)35-23-21-33-19-17-31-15-13-29-11-10-28-12-14-30-16-18-32-20-22-34-25-8-6-24(27)7-9-25/h6-9H,10-23,27H2,1-5H3. The van der Waals surface area contributed by atoms with Crippen LogP contribution in [0.1, 0.15) is 20.8 Å². The molecule has 0 spiro atoms. The van der Waals surface area contributed by atoms with Gasteiger partial charge in [0.05, 0.1) is 85.9 Å². The highest BCUT2D eigenvalue weighted by Crippen LogP contribution is 2.36. The van der Waals surface area contributed by atoms with Crippen LogP contribution in [-0.2, 0) is 32.8 Å². The van der Waals surface area contributed by atoms with Crippen LogP contribution in [0.4, 0.5) is 5.69 Å². The van der Waals surface area contributed by atoms with E-state index in [1.807, 2.05) is 12.1 Å². The second-order valence-electron chi connectivity index (χ2n) is 9.70. The van der Waals surface area contributed by atoms with E-state index in [0.29, 0.717) is 98.2 Å². The Bertz CT molecular complexity index is 640. The zero-order valence-electron chi connectivity index (χ0n) is 23.1. The highest BCUT2D eigenvalue weighted by atomic mass is 28.4. The van der Waals surface area contributed by atoms with Crippen molar-refractivity contribution in [2.45, 2.75) is 38.9 Å². The van der Waals surface area contributed by atoms with Gasteiger partial charge in [-0.2, -0.15) is 0 Å². The van der Waals surface area contributed by atoms with E-state index in [1.54, 1.807) is 12.1 Å². The Morgan fingerprint density at radius 2 is 0.889 bits per heavy atom. The number of benzene rings is 1. The Hall–Kier alpha value is -1.24. The van der Waals surface area contributed by atoms with Gasteiger partial charge in [-0.05, 0) is 42.4 Å². The van der Waals surface area contributed by atoms with Gasteiger partial charge in [0.1, 0.15) is 12.4 Å². The predicted molar refractivity (Wildman–Crippen MR) is 144 cm³/mol. The summed E-state index contributed by atoms with van der Waals surface area (Å²) in [5.74, 6) is 0.779. The van der Waals surface area contributed by atoms with E-state index in [2.05, 4.69) is 33.9 Å². The Labute approximate surface area is 218 Å². The molecule has 0 heterocycles. The fraction of sp³-hybridized carbons (Fsp3) is 0.769. The van der Waals surface area contributed by atoms with E-state index < -0.39 is 8.32 Å². The molecule has 0 aliphatic heterocycles. The SMILES string of the molecule is CC(C)(C)[Si](C)(C)OCCOCCOCCOCCOCCOCCOCCOc1ccc(N)cc1. The van der Waals surface area contributed by atoms with Crippen molar-refractivity contribution in [2.75, 3.05) is 98.2 Å². The Morgan fingerprint density at radius 3 is 1.25 bits per heavy atom. The third-order valence-electron chi connectivity index (χ3n) is 5.73. The van der Waals surface area contributed by atoms with Gasteiger partial charge in [0.15, 0.2) is 8.32 Å². The molecule has 0 radical (unpaired) electrons. The van der Waals surface area contributed by atoms with E-state index in [1.165, 1.54) is 0 Å². The number of hydrogen-bond acceptors (Lipinski definition) is 9. The monoisotopic (exact) mass is 531 g/mol. The molecule has 0 bridgehead atoms. The fourth-order valence-electron chi connectivity index (χ4n) is 2.56. The van der Waals surface area contributed by atoms with Crippen molar-refractivity contribution in [1.82, 2.24) is 0 Å². The lowest BCUT2D eigenvalue weighted by molar-refractivity contribution is -0.0189. The van der Waals surface area contributed by atoms with Gasteiger partial charge in [-0.1, -0.05) is 20.8 Å². The van der Waals surface area contributed by atoms with Gasteiger partial charge in [-0.25, -0.2) is 0 Å². The zero-order chi connectivity index (χ0) is 26.5. The summed E-state index contributed by atoms with van der Waals surface area (Å²) in [7, 11) is -1.69. The maximum atomic E-state index is 6.07. The van der Waals surface area contributed by atoms with Crippen molar-refractivity contribution in [3.05, 3.63) is 24.3 Å². The van der Waals surface area contributed by atoms with E-state index >= 15 is 0 Å². The molecule has 9 nitrogen and oxygen atoms in total. The maximum Gasteiger partial charge on any atom is 0.192 e. The van der Waals surface area contributed by atoms with Gasteiger partial charge in [-0.3, -0.25) is 0 Å². The molecule has 10 heteroatoms. The van der Waals surface area contributed by atoms with Crippen molar-refractivity contribution < 1.29 is 37.6 Å². The highest BCUT2D eigenvalue weighted by molar-refractivity contribution is 6.74. The molecular formula is C26H49NO8Si. The van der Waals surface area contributed by atoms with E-state index in [4.69, 9.17) is 43.3 Å². The van der Waals surface area contributed by atoms with Gasteiger partial charge in [0, 0.05) is 5.69 Å². The van der Waals surface area contributed by atoms with Crippen LogP contribution in [0.3, 0.4) is 0 Å². The minimum Gasteiger partial charge on any atom is -0.491 e. The first kappa shape index (κ1) is 32.8. The summed E-state index contributed by atoms with van der Waals surface area (Å²) >= 11 is 0. The summed E-state index contributed by atoms with van der Waals surface area (Å²) in [4.78, 5) is 0. The summed E-state index contributed by atoms with van der Waals surface area (Å²) in [5.41, 5.74) is 6.35. The maximum absolute atomic E-state index is 6.07. The van der Waals surface area contributed by atoms with Gasteiger partial charge >= 0.3 is 0 Å². The molecular weight excluding hydrogens is 482 g/mol. The van der Waals surface area contributed by atoms with Crippen molar-refractivity contribution in [3.8, 4) is 5.75 Å². The number of nitrogens with two attached hydrogens (primary N) is 1. The van der Waals surface area contributed by atoms with Gasteiger partial charge in [-0.15, -0.1) is 0 Å². The van der Waals surface area contributed by atoms with Crippen LogP contribution in [0.5, 0.6) is 5.75 Å². The van der Waals surface area contributed by atoms with Crippen LogP contribution in [0.15, 0.2) is 24.3 Å². The topological polar surface area (TPSA) is 99.9 Å². The lowest BCUT2D eigenvalue weighted by Gasteiger charge is -2.36. The van der Waals surface area contributed by atoms with Crippen LogP contribution >= 0.6 is 0 Å². The van der Waals surface area contributed by atoms with Crippen LogP contribution in [-0.4, -0.2) is 101 Å². The molecule has 36 heavy (non-hydrogen) atoms. The number of ether oxygens (including phenoxy) is 7. The first-order valence-corrected chi connectivity index (χ1v) is 15.7. The van der Waals surface area contributed by atoms with E-state index in [0.717, 1.165) is 5.75 Å². The van der Waals surface area contributed by atoms with Gasteiger partial charge in [0.2, 0.25) is 0 Å². The average molecular weight is 532 g/mol. The molecule has 0 aromatic heterocycles. The quantitative estimate of drug-likeness (QED) is 0.128. The van der Waals surface area contributed by atoms with Crippen molar-refractivity contribution in [3.63, 3.8) is 0 Å². The molecule has 0 fully saturated rings. The van der Waals surface area contributed by atoms with E-state index in [-0.39, 0.29) is 5.04 Å². The van der Waals surface area contributed by atoms with Gasteiger partial charge < -0.3 is 43.3 Å². The van der Waals surface area contributed by atoms with Crippen LogP contribution in [0.25, 0.3) is 0 Å². The molecule has 0 saturated heterocycles. The Morgan fingerprint density at radius 1 is 0.556 bits per heavy atom. The molecule has 0 unspecified atom stereocenters. The van der Waals surface area contributed by atoms with Crippen molar-refractivity contribution in [2.24, 2.45) is 0 Å².